The molecule has 0 bridgehead atoms. The van der Waals surface area contributed by atoms with Gasteiger partial charge in [0.25, 0.3) is 5.91 Å². The van der Waals surface area contributed by atoms with Crippen molar-refractivity contribution >= 4 is 46.0 Å². The van der Waals surface area contributed by atoms with Gasteiger partial charge in [-0.15, -0.1) is 0 Å². The minimum Gasteiger partial charge on any atom is -0.380 e. The number of pyridine rings is 1. The van der Waals surface area contributed by atoms with Crippen molar-refractivity contribution in [2.24, 2.45) is 0 Å². The van der Waals surface area contributed by atoms with Crippen LogP contribution in [0.3, 0.4) is 0 Å². The Morgan fingerprint density at radius 3 is 2.35 bits per heavy atom. The lowest BCUT2D eigenvalue weighted by Gasteiger charge is -2.32. The molecule has 4 aromatic rings. The molecule has 9 heteroatoms. The molecule has 0 unspecified atom stereocenters. The topological polar surface area (TPSA) is 80.3 Å². The lowest BCUT2D eigenvalue weighted by atomic mass is 10.0. The number of aromatic nitrogens is 3. The molecule has 1 aliphatic rings. The first kappa shape index (κ1) is 22.7. The smallest absolute Gasteiger partial charge is 0.253 e. The molecule has 1 fully saturated rings. The molecule has 0 atom stereocenters. The Bertz CT molecular complexity index is 1340. The van der Waals surface area contributed by atoms with E-state index in [0.717, 1.165) is 48.4 Å². The molecule has 2 N–H and O–H groups in total. The molecule has 2 aromatic carbocycles. The van der Waals surface area contributed by atoms with Gasteiger partial charge >= 0.3 is 0 Å². The number of likely N-dealkylation sites (N-methyl/N-ethyl adjacent to an activating group) is 1. The summed E-state index contributed by atoms with van der Waals surface area (Å²) in [6.45, 7) is 3.66. The number of benzene rings is 2. The molecule has 0 saturated carbocycles. The van der Waals surface area contributed by atoms with Crippen LogP contribution in [0.15, 0.2) is 54.7 Å². The summed E-state index contributed by atoms with van der Waals surface area (Å²) < 4.78 is 1.76. The van der Waals surface area contributed by atoms with Crippen LogP contribution in [-0.4, -0.2) is 63.7 Å². The molecule has 2 aromatic heterocycles. The number of carbonyl (C=O) groups is 1. The predicted molar refractivity (Wildman–Crippen MR) is 136 cm³/mol. The van der Waals surface area contributed by atoms with Crippen LogP contribution in [0.1, 0.15) is 15.9 Å². The van der Waals surface area contributed by atoms with E-state index in [2.05, 4.69) is 22.0 Å². The number of hydrogen-bond donors (Lipinski definition) is 1. The number of nitrogen functional groups attached to an aromatic ring is 1. The van der Waals surface area contributed by atoms with Gasteiger partial charge in [-0.2, -0.15) is 5.10 Å². The lowest BCUT2D eigenvalue weighted by Crippen LogP contribution is -2.47. The van der Waals surface area contributed by atoms with Crippen molar-refractivity contribution in [3.63, 3.8) is 0 Å². The molecule has 1 saturated heterocycles. The Kier molecular flexibility index (Phi) is 6.16. The van der Waals surface area contributed by atoms with E-state index in [4.69, 9.17) is 28.9 Å². The second-order valence-corrected chi connectivity index (χ2v) is 9.32. The van der Waals surface area contributed by atoms with E-state index < -0.39 is 0 Å². The van der Waals surface area contributed by atoms with Gasteiger partial charge in [-0.05, 0) is 42.9 Å². The van der Waals surface area contributed by atoms with E-state index in [9.17, 15) is 4.79 Å². The molecular weight excluding hydrogens is 471 g/mol. The summed E-state index contributed by atoms with van der Waals surface area (Å²) in [4.78, 5) is 21.5. The molecule has 3 heterocycles. The van der Waals surface area contributed by atoms with Crippen LogP contribution in [0.5, 0.6) is 0 Å². The first-order valence-corrected chi connectivity index (χ1v) is 11.8. The molecule has 1 amide bonds. The summed E-state index contributed by atoms with van der Waals surface area (Å²) in [5.74, 6) is 0.411. The summed E-state index contributed by atoms with van der Waals surface area (Å²) in [5, 5.41) is 5.60. The van der Waals surface area contributed by atoms with Crippen molar-refractivity contribution in [1.29, 1.82) is 0 Å². The standard InChI is InChI=1S/C25H24Cl2N6O/c1-31-9-11-32(12-10-31)25(34)17-7-5-16(6-8-17)18-13-22-23(29-14-18)24(28)30-33(22)15-19-20(26)3-2-4-21(19)27/h2-8,13-14H,9-12,15H2,1H3,(H2,28,30). The van der Waals surface area contributed by atoms with Crippen molar-refractivity contribution in [1.82, 2.24) is 24.6 Å². The fraction of sp³-hybridized carbons (Fsp3) is 0.240. The highest BCUT2D eigenvalue weighted by Crippen LogP contribution is 2.29. The van der Waals surface area contributed by atoms with Gasteiger partial charge in [-0.1, -0.05) is 41.4 Å². The average Bonchev–Trinajstić information content (AvgIpc) is 3.16. The number of carbonyl (C=O) groups excluding carboxylic acids is 1. The van der Waals surface area contributed by atoms with Gasteiger partial charge in [0.2, 0.25) is 0 Å². The normalized spacial score (nSPS) is 14.6. The van der Waals surface area contributed by atoms with Crippen LogP contribution >= 0.6 is 23.2 Å². The van der Waals surface area contributed by atoms with Crippen LogP contribution in [0.25, 0.3) is 22.2 Å². The van der Waals surface area contributed by atoms with Crippen molar-refractivity contribution in [3.05, 3.63) is 75.9 Å². The van der Waals surface area contributed by atoms with Crippen LogP contribution < -0.4 is 5.73 Å². The SMILES string of the molecule is CN1CCN(C(=O)c2ccc(-c3cnc4c(N)nn(Cc5c(Cl)cccc5Cl)c4c3)cc2)CC1. The summed E-state index contributed by atoms with van der Waals surface area (Å²) in [5.41, 5.74) is 10.8. The second kappa shape index (κ2) is 9.25. The number of fused-ring (bicyclic) bond motifs is 1. The highest BCUT2D eigenvalue weighted by molar-refractivity contribution is 6.36. The van der Waals surface area contributed by atoms with Crippen LogP contribution in [0, 0.1) is 0 Å². The molecule has 7 nitrogen and oxygen atoms in total. The van der Waals surface area contributed by atoms with E-state index >= 15 is 0 Å². The highest BCUT2D eigenvalue weighted by atomic mass is 35.5. The second-order valence-electron chi connectivity index (χ2n) is 8.51. The van der Waals surface area contributed by atoms with Gasteiger partial charge in [0, 0.05) is 59.1 Å². The molecular formula is C25H24Cl2N6O. The fourth-order valence-corrected chi connectivity index (χ4v) is 4.70. The van der Waals surface area contributed by atoms with E-state index in [0.29, 0.717) is 33.5 Å². The zero-order chi connectivity index (χ0) is 23.8. The van der Waals surface area contributed by atoms with Gasteiger partial charge in [0.05, 0.1) is 12.1 Å². The fourth-order valence-electron chi connectivity index (χ4n) is 4.19. The Labute approximate surface area is 207 Å². The van der Waals surface area contributed by atoms with Gasteiger partial charge in [-0.25, -0.2) is 0 Å². The third-order valence-corrected chi connectivity index (χ3v) is 6.95. The lowest BCUT2D eigenvalue weighted by molar-refractivity contribution is 0.0664. The molecule has 5 rings (SSSR count). The molecule has 174 valence electrons. The van der Waals surface area contributed by atoms with Crippen molar-refractivity contribution < 1.29 is 4.79 Å². The summed E-state index contributed by atoms with van der Waals surface area (Å²) in [6.07, 6.45) is 1.77. The quantitative estimate of drug-likeness (QED) is 0.454. The van der Waals surface area contributed by atoms with E-state index in [1.165, 1.54) is 0 Å². The molecule has 1 aliphatic heterocycles. The molecule has 0 spiro atoms. The summed E-state index contributed by atoms with van der Waals surface area (Å²) in [7, 11) is 2.07. The van der Waals surface area contributed by atoms with Crippen molar-refractivity contribution in [3.8, 4) is 11.1 Å². The van der Waals surface area contributed by atoms with Crippen molar-refractivity contribution in [2.75, 3.05) is 39.0 Å². The zero-order valence-electron chi connectivity index (χ0n) is 18.7. The number of amides is 1. The maximum absolute atomic E-state index is 12.9. The average molecular weight is 495 g/mol. The van der Waals surface area contributed by atoms with E-state index in [-0.39, 0.29) is 5.91 Å². The third-order valence-electron chi connectivity index (χ3n) is 6.24. The molecule has 0 radical (unpaired) electrons. The van der Waals surface area contributed by atoms with Gasteiger partial charge in [-0.3, -0.25) is 14.5 Å². The maximum atomic E-state index is 12.9. The van der Waals surface area contributed by atoms with Gasteiger partial charge in [0.1, 0.15) is 5.52 Å². The molecule has 34 heavy (non-hydrogen) atoms. The van der Waals surface area contributed by atoms with E-state index in [1.807, 2.05) is 41.3 Å². The maximum Gasteiger partial charge on any atom is 0.253 e. The summed E-state index contributed by atoms with van der Waals surface area (Å²) in [6, 6.07) is 15.0. The largest absolute Gasteiger partial charge is 0.380 e. The Morgan fingerprint density at radius 1 is 1.00 bits per heavy atom. The minimum absolute atomic E-state index is 0.0655. The van der Waals surface area contributed by atoms with E-state index in [1.54, 1.807) is 23.0 Å². The number of rotatable bonds is 4. The van der Waals surface area contributed by atoms with Crippen LogP contribution in [-0.2, 0) is 6.54 Å². The Balaban J connectivity index is 1.43. The van der Waals surface area contributed by atoms with Crippen LogP contribution in [0.2, 0.25) is 10.0 Å². The van der Waals surface area contributed by atoms with Gasteiger partial charge < -0.3 is 15.5 Å². The zero-order valence-corrected chi connectivity index (χ0v) is 20.2. The first-order valence-electron chi connectivity index (χ1n) is 11.0. The first-order chi connectivity index (χ1) is 16.4. The number of piperazine rings is 1. The number of nitrogens with zero attached hydrogens (tertiary/aromatic N) is 5. The van der Waals surface area contributed by atoms with Crippen molar-refractivity contribution in [2.45, 2.75) is 6.54 Å². The Morgan fingerprint density at radius 2 is 1.68 bits per heavy atom. The highest BCUT2D eigenvalue weighted by Gasteiger charge is 2.20. The molecule has 0 aliphatic carbocycles. The number of halogens is 2. The number of nitrogens with two attached hydrogens (primary N) is 1. The summed E-state index contributed by atoms with van der Waals surface area (Å²) >= 11 is 12.7. The predicted octanol–water partition coefficient (Wildman–Crippen LogP) is 4.42. The number of anilines is 1. The Hall–Kier alpha value is -3.13. The third kappa shape index (κ3) is 4.34. The monoisotopic (exact) mass is 494 g/mol. The number of hydrogen-bond acceptors (Lipinski definition) is 5. The minimum atomic E-state index is 0.0655. The van der Waals surface area contributed by atoms with Gasteiger partial charge in [0.15, 0.2) is 5.82 Å². The van der Waals surface area contributed by atoms with Crippen LogP contribution in [0.4, 0.5) is 5.82 Å².